The van der Waals surface area contributed by atoms with Crippen LogP contribution in [0.1, 0.15) is 33.1 Å². The minimum Gasteiger partial charge on any atom is -0.493 e. The number of alkyl halides is 3. The number of ether oxygens (including phenoxy) is 2. The Morgan fingerprint density at radius 3 is 2.25 bits per heavy atom. The maximum atomic E-state index is 14.1. The van der Waals surface area contributed by atoms with E-state index in [4.69, 9.17) is 9.47 Å². The van der Waals surface area contributed by atoms with Crippen LogP contribution >= 0.6 is 0 Å². The summed E-state index contributed by atoms with van der Waals surface area (Å²) in [7, 11) is 2.88. The quantitative estimate of drug-likeness (QED) is 0.326. The van der Waals surface area contributed by atoms with Gasteiger partial charge in [0.1, 0.15) is 6.04 Å². The van der Waals surface area contributed by atoms with Crippen molar-refractivity contribution in [1.29, 1.82) is 0 Å². The van der Waals surface area contributed by atoms with Crippen LogP contribution in [0.25, 0.3) is 6.08 Å². The second-order valence-electron chi connectivity index (χ2n) is 9.79. The van der Waals surface area contributed by atoms with Crippen LogP contribution in [-0.4, -0.2) is 42.8 Å². The fraction of sp³-hybridized carbons (Fsp3) is 0.233. The van der Waals surface area contributed by atoms with E-state index >= 15 is 0 Å². The Bertz CT molecular complexity index is 1580. The van der Waals surface area contributed by atoms with Crippen molar-refractivity contribution < 1.29 is 37.0 Å². The van der Waals surface area contributed by atoms with Crippen LogP contribution in [-0.2, 0) is 15.8 Å². The van der Waals surface area contributed by atoms with Gasteiger partial charge in [0.25, 0.3) is 0 Å². The average molecular weight is 549 g/mol. The number of para-hydroxylation sites is 1. The summed E-state index contributed by atoms with van der Waals surface area (Å²) in [6.07, 6.45) is -1.31. The summed E-state index contributed by atoms with van der Waals surface area (Å²) in [5, 5.41) is 0. The summed E-state index contributed by atoms with van der Waals surface area (Å²) >= 11 is 0. The third-order valence-corrected chi connectivity index (χ3v) is 7.85. The highest BCUT2D eigenvalue weighted by atomic mass is 19.4. The number of hydrogen-bond acceptors (Lipinski definition) is 6. The number of hydrogen-bond donors (Lipinski definition) is 0. The SMILES string of the molecule is COc1ccc(C(=O)[C@@H]2[C@@H]3C(=O)N(c4ccccc4C(F)(F)F)C(=O)[C@@H]3C3c4ccccc4C=CN32)cc1OC. The number of ketones is 1. The monoisotopic (exact) mass is 548 g/mol. The molecule has 40 heavy (non-hydrogen) atoms. The van der Waals surface area contributed by atoms with E-state index in [9.17, 15) is 27.6 Å². The number of amides is 2. The topological polar surface area (TPSA) is 76.2 Å². The molecule has 204 valence electrons. The molecule has 7 nitrogen and oxygen atoms in total. The first-order valence-electron chi connectivity index (χ1n) is 12.5. The number of nitrogens with zero attached hydrogens (tertiary/aromatic N) is 2. The van der Waals surface area contributed by atoms with Gasteiger partial charge in [0.05, 0.1) is 43.3 Å². The zero-order valence-corrected chi connectivity index (χ0v) is 21.4. The molecular formula is C30H23F3N2O5. The zero-order valence-electron chi connectivity index (χ0n) is 21.4. The normalized spacial score (nSPS) is 23.1. The number of anilines is 1. The van der Waals surface area contributed by atoms with Crippen LogP contribution in [0.4, 0.5) is 18.9 Å². The number of methoxy groups -OCH3 is 2. The highest BCUT2D eigenvalue weighted by Gasteiger charge is 2.65. The van der Waals surface area contributed by atoms with Gasteiger partial charge in [-0.3, -0.25) is 14.4 Å². The predicted octanol–water partition coefficient (Wildman–Crippen LogP) is 5.12. The van der Waals surface area contributed by atoms with E-state index in [2.05, 4.69) is 0 Å². The Labute approximate surface area is 227 Å². The lowest BCUT2D eigenvalue weighted by Crippen LogP contribution is -2.44. The summed E-state index contributed by atoms with van der Waals surface area (Å²) in [6, 6.07) is 14.5. The molecule has 1 unspecified atom stereocenters. The summed E-state index contributed by atoms with van der Waals surface area (Å²) in [6.45, 7) is 0. The predicted molar refractivity (Wildman–Crippen MR) is 139 cm³/mol. The van der Waals surface area contributed by atoms with Gasteiger partial charge in [-0.05, 0) is 47.5 Å². The molecular weight excluding hydrogens is 525 g/mol. The fourth-order valence-electron chi connectivity index (χ4n) is 6.16. The van der Waals surface area contributed by atoms with Crippen molar-refractivity contribution in [3.8, 4) is 11.5 Å². The van der Waals surface area contributed by atoms with Crippen LogP contribution < -0.4 is 14.4 Å². The Balaban J connectivity index is 1.50. The molecule has 6 rings (SSSR count). The molecule has 0 aliphatic carbocycles. The molecule has 3 aliphatic rings. The highest BCUT2D eigenvalue weighted by molar-refractivity contribution is 6.25. The number of rotatable bonds is 5. The van der Waals surface area contributed by atoms with Crippen LogP contribution in [0.3, 0.4) is 0 Å². The Morgan fingerprint density at radius 2 is 1.52 bits per heavy atom. The van der Waals surface area contributed by atoms with Crippen molar-refractivity contribution in [1.82, 2.24) is 4.90 Å². The van der Waals surface area contributed by atoms with Crippen LogP contribution in [0.15, 0.2) is 72.9 Å². The van der Waals surface area contributed by atoms with Gasteiger partial charge < -0.3 is 14.4 Å². The Hall–Kier alpha value is -4.60. The number of halogens is 3. The molecule has 0 aromatic heterocycles. The molecule has 2 amide bonds. The molecule has 3 aliphatic heterocycles. The average Bonchev–Trinajstić information content (AvgIpc) is 3.43. The zero-order chi connectivity index (χ0) is 28.3. The largest absolute Gasteiger partial charge is 0.493 e. The van der Waals surface area contributed by atoms with Crippen LogP contribution in [0.2, 0.25) is 0 Å². The number of carbonyl (C=O) groups excluding carboxylic acids is 3. The first-order valence-corrected chi connectivity index (χ1v) is 12.5. The molecule has 0 bridgehead atoms. The maximum Gasteiger partial charge on any atom is 0.418 e. The maximum absolute atomic E-state index is 14.1. The molecule has 10 heteroatoms. The second-order valence-corrected chi connectivity index (χ2v) is 9.79. The molecule has 0 N–H and O–H groups in total. The molecule has 3 heterocycles. The summed E-state index contributed by atoms with van der Waals surface area (Å²) in [4.78, 5) is 44.4. The lowest BCUT2D eigenvalue weighted by Gasteiger charge is -2.35. The van der Waals surface area contributed by atoms with E-state index in [-0.39, 0.29) is 5.56 Å². The van der Waals surface area contributed by atoms with Gasteiger partial charge in [-0.15, -0.1) is 0 Å². The van der Waals surface area contributed by atoms with Crippen molar-refractivity contribution in [2.75, 3.05) is 19.1 Å². The lowest BCUT2D eigenvalue weighted by molar-refractivity contribution is -0.137. The van der Waals surface area contributed by atoms with Crippen molar-refractivity contribution >= 4 is 29.4 Å². The number of carbonyl (C=O) groups is 3. The summed E-state index contributed by atoms with van der Waals surface area (Å²) in [5.41, 5.74) is 0.0951. The third kappa shape index (κ3) is 3.70. The van der Waals surface area contributed by atoms with Crippen molar-refractivity contribution in [3.63, 3.8) is 0 Å². The van der Waals surface area contributed by atoms with Crippen molar-refractivity contribution in [2.45, 2.75) is 18.3 Å². The lowest BCUT2D eigenvalue weighted by atomic mass is 9.83. The van der Waals surface area contributed by atoms with Gasteiger partial charge in [0.2, 0.25) is 11.8 Å². The summed E-state index contributed by atoms with van der Waals surface area (Å²) in [5.74, 6) is -3.66. The van der Waals surface area contributed by atoms with Crippen LogP contribution in [0.5, 0.6) is 11.5 Å². The van der Waals surface area contributed by atoms with E-state index < -0.39 is 58.9 Å². The van der Waals surface area contributed by atoms with E-state index in [0.717, 1.165) is 23.3 Å². The van der Waals surface area contributed by atoms with Gasteiger partial charge in [-0.1, -0.05) is 36.4 Å². The molecule has 3 aromatic rings. The van der Waals surface area contributed by atoms with Crippen molar-refractivity contribution in [3.05, 3.63) is 95.2 Å². The molecule has 0 radical (unpaired) electrons. The minimum atomic E-state index is -4.80. The second kappa shape index (κ2) is 9.25. The van der Waals surface area contributed by atoms with E-state index in [1.807, 2.05) is 12.1 Å². The van der Waals surface area contributed by atoms with Gasteiger partial charge in [0.15, 0.2) is 17.3 Å². The Kier molecular flexibility index (Phi) is 5.94. The standard InChI is InChI=1S/C30H23F3N2O5/c1-39-21-12-11-17(15-22(21)40-2)27(36)26-24-23(25-18-8-4-3-7-16(18)13-14-34(25)26)28(37)35(29(24)38)20-10-6-5-9-19(20)30(31,32)33/h3-15,23-26H,1-2H3/t23-,24+,25?,26-/m0/s1. The first kappa shape index (κ1) is 25.7. The van der Waals surface area contributed by atoms with Crippen molar-refractivity contribution in [2.24, 2.45) is 11.8 Å². The van der Waals surface area contributed by atoms with Crippen LogP contribution in [0, 0.1) is 11.8 Å². The van der Waals surface area contributed by atoms with Gasteiger partial charge in [0, 0.05) is 11.8 Å². The first-order chi connectivity index (χ1) is 19.2. The minimum absolute atomic E-state index is 0.212. The molecule has 4 atom stereocenters. The smallest absolute Gasteiger partial charge is 0.418 e. The van der Waals surface area contributed by atoms with E-state index in [0.29, 0.717) is 16.4 Å². The fourth-order valence-corrected chi connectivity index (χ4v) is 6.16. The van der Waals surface area contributed by atoms with E-state index in [1.54, 1.807) is 35.4 Å². The number of fused-ring (bicyclic) bond motifs is 5. The van der Waals surface area contributed by atoms with Gasteiger partial charge >= 0.3 is 6.18 Å². The third-order valence-electron chi connectivity index (χ3n) is 7.85. The van der Waals surface area contributed by atoms with Gasteiger partial charge in [-0.25, -0.2) is 4.90 Å². The molecule has 2 saturated heterocycles. The molecule has 2 fully saturated rings. The number of imide groups is 1. The summed E-state index contributed by atoms with van der Waals surface area (Å²) < 4.78 is 52.4. The van der Waals surface area contributed by atoms with E-state index in [1.165, 1.54) is 38.5 Å². The van der Waals surface area contributed by atoms with Gasteiger partial charge in [-0.2, -0.15) is 13.2 Å². The Morgan fingerprint density at radius 1 is 0.850 bits per heavy atom. The number of benzene rings is 3. The molecule has 0 saturated carbocycles. The molecule has 3 aromatic carbocycles. The number of Topliss-reactive ketones (excluding diaryl/α,β-unsaturated/α-hetero) is 1. The molecule has 0 spiro atoms. The highest BCUT2D eigenvalue weighted by Crippen LogP contribution is 2.54.